The van der Waals surface area contributed by atoms with E-state index in [2.05, 4.69) is 16.0 Å². The molecule has 0 unspecified atom stereocenters. The second-order valence-corrected chi connectivity index (χ2v) is 4.62. The quantitative estimate of drug-likeness (QED) is 0.729. The normalized spacial score (nSPS) is 11.0. The third-order valence-electron chi connectivity index (χ3n) is 3.18. The van der Waals surface area contributed by atoms with Gasteiger partial charge in [0.25, 0.3) is 0 Å². The molecule has 19 heavy (non-hydrogen) atoms. The van der Waals surface area contributed by atoms with Gasteiger partial charge in [-0.05, 0) is 42.7 Å². The number of hydrogen-bond acceptors (Lipinski definition) is 4. The summed E-state index contributed by atoms with van der Waals surface area (Å²) >= 11 is 0. The monoisotopic (exact) mass is 253 g/mol. The summed E-state index contributed by atoms with van der Waals surface area (Å²) in [6.45, 7) is 2.01. The number of oxazole rings is 1. The molecule has 0 bridgehead atoms. The molecule has 0 spiro atoms. The molecule has 2 heterocycles. The zero-order chi connectivity index (χ0) is 13.2. The molecule has 0 aliphatic heterocycles. The fourth-order valence-corrected chi connectivity index (χ4v) is 2.02. The number of benzene rings is 1. The Hall–Kier alpha value is -2.36. The van der Waals surface area contributed by atoms with Gasteiger partial charge in [0.1, 0.15) is 0 Å². The number of fused-ring (bicyclic) bond motifs is 1. The predicted molar refractivity (Wildman–Crippen MR) is 74.8 cm³/mol. The molecule has 0 saturated carbocycles. The van der Waals surface area contributed by atoms with Gasteiger partial charge < -0.3 is 10.2 Å². The SMILES string of the molecule is Cc1ccc(CCc2nc3ncccc3o2)cc1N. The number of nitrogen functional groups attached to an aromatic ring is 1. The van der Waals surface area contributed by atoms with E-state index in [1.807, 2.05) is 31.2 Å². The Balaban J connectivity index is 1.76. The number of rotatable bonds is 3. The molecule has 1 aromatic carbocycles. The highest BCUT2D eigenvalue weighted by molar-refractivity contribution is 5.66. The highest BCUT2D eigenvalue weighted by Crippen LogP contribution is 2.17. The maximum absolute atomic E-state index is 5.90. The lowest BCUT2D eigenvalue weighted by atomic mass is 10.1. The van der Waals surface area contributed by atoms with Gasteiger partial charge in [-0.3, -0.25) is 0 Å². The van der Waals surface area contributed by atoms with E-state index in [4.69, 9.17) is 10.2 Å². The summed E-state index contributed by atoms with van der Waals surface area (Å²) in [5.41, 5.74) is 10.4. The molecule has 0 amide bonds. The van der Waals surface area contributed by atoms with Crippen LogP contribution in [0.5, 0.6) is 0 Å². The molecule has 2 aromatic heterocycles. The Morgan fingerprint density at radius 2 is 2.11 bits per heavy atom. The number of aromatic nitrogens is 2. The lowest BCUT2D eigenvalue weighted by molar-refractivity contribution is 0.528. The smallest absolute Gasteiger partial charge is 0.198 e. The van der Waals surface area contributed by atoms with Crippen molar-refractivity contribution >= 4 is 16.9 Å². The summed E-state index contributed by atoms with van der Waals surface area (Å²) in [4.78, 5) is 8.52. The van der Waals surface area contributed by atoms with Gasteiger partial charge in [0.05, 0.1) is 0 Å². The maximum Gasteiger partial charge on any atom is 0.198 e. The van der Waals surface area contributed by atoms with E-state index >= 15 is 0 Å². The van der Waals surface area contributed by atoms with Gasteiger partial charge in [0, 0.05) is 18.3 Å². The van der Waals surface area contributed by atoms with E-state index in [0.717, 1.165) is 29.7 Å². The number of pyridine rings is 1. The van der Waals surface area contributed by atoms with Crippen LogP contribution < -0.4 is 5.73 Å². The third kappa shape index (κ3) is 2.42. The lowest BCUT2D eigenvalue weighted by Crippen LogP contribution is -1.95. The van der Waals surface area contributed by atoms with Gasteiger partial charge in [0.15, 0.2) is 17.1 Å². The van der Waals surface area contributed by atoms with Crippen LogP contribution in [0, 0.1) is 6.92 Å². The number of anilines is 1. The first kappa shape index (κ1) is 11.7. The molecule has 0 aliphatic rings. The van der Waals surface area contributed by atoms with Crippen molar-refractivity contribution in [1.82, 2.24) is 9.97 Å². The second-order valence-electron chi connectivity index (χ2n) is 4.62. The second kappa shape index (κ2) is 4.72. The fraction of sp³-hybridized carbons (Fsp3) is 0.200. The van der Waals surface area contributed by atoms with Gasteiger partial charge in [-0.15, -0.1) is 0 Å². The molecular formula is C15H15N3O. The average Bonchev–Trinajstić information content (AvgIpc) is 2.83. The van der Waals surface area contributed by atoms with Crippen LogP contribution in [0.2, 0.25) is 0 Å². The van der Waals surface area contributed by atoms with Crippen molar-refractivity contribution in [3.63, 3.8) is 0 Å². The molecule has 3 rings (SSSR count). The first-order valence-corrected chi connectivity index (χ1v) is 6.28. The summed E-state index contributed by atoms with van der Waals surface area (Å²) in [5, 5.41) is 0. The van der Waals surface area contributed by atoms with E-state index in [-0.39, 0.29) is 0 Å². The van der Waals surface area contributed by atoms with Gasteiger partial charge in [-0.1, -0.05) is 12.1 Å². The van der Waals surface area contributed by atoms with Crippen molar-refractivity contribution in [3.8, 4) is 0 Å². The van der Waals surface area contributed by atoms with Crippen LogP contribution in [-0.4, -0.2) is 9.97 Å². The van der Waals surface area contributed by atoms with E-state index in [1.165, 1.54) is 5.56 Å². The zero-order valence-electron chi connectivity index (χ0n) is 10.8. The molecule has 0 aliphatic carbocycles. The van der Waals surface area contributed by atoms with Crippen LogP contribution >= 0.6 is 0 Å². The van der Waals surface area contributed by atoms with Crippen molar-refractivity contribution in [1.29, 1.82) is 0 Å². The molecule has 0 saturated heterocycles. The van der Waals surface area contributed by atoms with E-state index < -0.39 is 0 Å². The van der Waals surface area contributed by atoms with Crippen molar-refractivity contribution in [2.24, 2.45) is 0 Å². The summed E-state index contributed by atoms with van der Waals surface area (Å²) in [7, 11) is 0. The minimum absolute atomic E-state index is 0.668. The lowest BCUT2D eigenvalue weighted by Gasteiger charge is -2.03. The summed E-state index contributed by atoms with van der Waals surface area (Å²) in [5.74, 6) is 0.716. The standard InChI is InChI=1S/C15H15N3O/c1-10-4-5-11(9-12(10)16)6-7-14-18-15-13(19-14)3-2-8-17-15/h2-5,8-9H,6-7,16H2,1H3. The highest BCUT2D eigenvalue weighted by atomic mass is 16.3. The molecule has 0 fully saturated rings. The van der Waals surface area contributed by atoms with Crippen molar-refractivity contribution < 1.29 is 4.42 Å². The van der Waals surface area contributed by atoms with Crippen LogP contribution in [0.1, 0.15) is 17.0 Å². The largest absolute Gasteiger partial charge is 0.439 e. The van der Waals surface area contributed by atoms with Gasteiger partial charge >= 0.3 is 0 Å². The van der Waals surface area contributed by atoms with Crippen molar-refractivity contribution in [3.05, 3.63) is 53.5 Å². The minimum Gasteiger partial charge on any atom is -0.439 e. The molecule has 2 N–H and O–H groups in total. The molecule has 0 atom stereocenters. The number of hydrogen-bond donors (Lipinski definition) is 1. The average molecular weight is 253 g/mol. The van der Waals surface area contributed by atoms with E-state index in [0.29, 0.717) is 11.5 Å². The first-order chi connectivity index (χ1) is 9.22. The Bertz CT molecular complexity index is 685. The zero-order valence-corrected chi connectivity index (χ0v) is 10.8. The number of nitrogens with two attached hydrogens (primary N) is 1. The molecule has 4 nitrogen and oxygen atoms in total. The fourth-order valence-electron chi connectivity index (χ4n) is 2.02. The Morgan fingerprint density at radius 3 is 2.89 bits per heavy atom. The van der Waals surface area contributed by atoms with Crippen LogP contribution in [-0.2, 0) is 12.8 Å². The van der Waals surface area contributed by atoms with Crippen LogP contribution in [0.25, 0.3) is 11.2 Å². The van der Waals surface area contributed by atoms with Crippen molar-refractivity contribution in [2.45, 2.75) is 19.8 Å². The van der Waals surface area contributed by atoms with Gasteiger partial charge in [-0.25, -0.2) is 4.98 Å². The van der Waals surface area contributed by atoms with Crippen LogP contribution in [0.15, 0.2) is 40.9 Å². The highest BCUT2D eigenvalue weighted by Gasteiger charge is 2.06. The van der Waals surface area contributed by atoms with Crippen LogP contribution in [0.3, 0.4) is 0 Å². The molecule has 3 aromatic rings. The maximum atomic E-state index is 5.90. The predicted octanol–water partition coefficient (Wildman–Crippen LogP) is 2.90. The Labute approximate surface area is 111 Å². The van der Waals surface area contributed by atoms with Gasteiger partial charge in [-0.2, -0.15) is 4.98 Å². The van der Waals surface area contributed by atoms with Gasteiger partial charge in [0.2, 0.25) is 0 Å². The Morgan fingerprint density at radius 1 is 1.21 bits per heavy atom. The van der Waals surface area contributed by atoms with Crippen molar-refractivity contribution in [2.75, 3.05) is 5.73 Å². The van der Waals surface area contributed by atoms with Crippen LogP contribution in [0.4, 0.5) is 5.69 Å². The Kier molecular flexibility index (Phi) is 2.91. The molecule has 4 heteroatoms. The summed E-state index contributed by atoms with van der Waals surface area (Å²) < 4.78 is 5.64. The molecule has 0 radical (unpaired) electrons. The molecular weight excluding hydrogens is 238 g/mol. The third-order valence-corrected chi connectivity index (χ3v) is 3.18. The number of aryl methyl sites for hydroxylation is 3. The summed E-state index contributed by atoms with van der Waals surface area (Å²) in [6.07, 6.45) is 3.32. The molecule has 96 valence electrons. The van der Waals surface area contributed by atoms with E-state index in [1.54, 1.807) is 6.20 Å². The number of nitrogens with zero attached hydrogens (tertiary/aromatic N) is 2. The first-order valence-electron chi connectivity index (χ1n) is 6.28. The minimum atomic E-state index is 0.668. The topological polar surface area (TPSA) is 64.9 Å². The summed E-state index contributed by atoms with van der Waals surface area (Å²) in [6, 6.07) is 9.86. The van der Waals surface area contributed by atoms with E-state index in [9.17, 15) is 0 Å².